The summed E-state index contributed by atoms with van der Waals surface area (Å²) in [6, 6.07) is 0. The van der Waals surface area contributed by atoms with E-state index in [1.165, 1.54) is 5.57 Å². The van der Waals surface area contributed by atoms with Gasteiger partial charge in [0.2, 0.25) is 0 Å². The molecule has 0 aromatic rings. The molecule has 3 fully saturated rings. The normalized spacial score (nSPS) is 29.4. The van der Waals surface area contributed by atoms with Crippen LogP contribution < -0.4 is 16.0 Å². The largest absolute Gasteiger partial charge is 0.459 e. The summed E-state index contributed by atoms with van der Waals surface area (Å²) in [7, 11) is 0. The molecule has 0 unspecified atom stereocenters. The molecule has 3 aliphatic heterocycles. The van der Waals surface area contributed by atoms with Crippen LogP contribution in [0.25, 0.3) is 0 Å². The third-order valence-corrected chi connectivity index (χ3v) is 8.43. The Hall–Kier alpha value is -0.910. The summed E-state index contributed by atoms with van der Waals surface area (Å²) in [6.07, 6.45) is 5.76. The Morgan fingerprint density at radius 1 is 0.556 bits per heavy atom. The Kier molecular flexibility index (Phi) is 7.72. The summed E-state index contributed by atoms with van der Waals surface area (Å²) < 4.78 is 6.33. The molecule has 3 heterocycles. The summed E-state index contributed by atoms with van der Waals surface area (Å²) in [4.78, 5) is 13.9. The lowest BCUT2D eigenvalue weighted by Gasteiger charge is -2.52. The third-order valence-electron chi connectivity index (χ3n) is 8.43. The summed E-state index contributed by atoms with van der Waals surface area (Å²) >= 11 is 0. The Balaban J connectivity index is 2.00. The van der Waals surface area contributed by atoms with Crippen molar-refractivity contribution in [2.24, 2.45) is 11.8 Å². The van der Waals surface area contributed by atoms with E-state index in [9.17, 15) is 4.79 Å². The molecule has 0 radical (unpaired) electrons. The van der Waals surface area contributed by atoms with E-state index >= 15 is 0 Å². The number of hydrogen-bond donors (Lipinski definition) is 3. The maximum atomic E-state index is 13.9. The predicted octanol–water partition coefficient (Wildman–Crippen LogP) is 6.27. The molecule has 0 bridgehead atoms. The molecular formula is C31H57N3O2. The van der Waals surface area contributed by atoms with Crippen molar-refractivity contribution >= 4 is 5.97 Å². The number of nitrogens with one attached hydrogen (secondary N) is 3. The number of piperidine rings is 3. The smallest absolute Gasteiger partial charge is 0.333 e. The molecule has 0 spiro atoms. The molecule has 5 nitrogen and oxygen atoms in total. The van der Waals surface area contributed by atoms with E-state index in [2.05, 4.69) is 106 Å². The lowest BCUT2D eigenvalue weighted by atomic mass is 9.64. The highest BCUT2D eigenvalue weighted by Gasteiger charge is 2.46. The van der Waals surface area contributed by atoms with Gasteiger partial charge in [-0.05, 0) is 128 Å². The molecule has 0 saturated carbocycles. The van der Waals surface area contributed by atoms with Gasteiger partial charge in [-0.1, -0.05) is 5.57 Å². The first kappa shape index (κ1) is 29.6. The molecule has 5 heteroatoms. The summed E-state index contributed by atoms with van der Waals surface area (Å²) in [5.41, 5.74) is 2.18. The fraction of sp³-hybridized carbons (Fsp3) is 0.903. The molecule has 3 saturated heterocycles. The average molecular weight is 504 g/mol. The van der Waals surface area contributed by atoms with Gasteiger partial charge >= 0.3 is 5.97 Å². The van der Waals surface area contributed by atoms with Crippen molar-refractivity contribution in [3.05, 3.63) is 11.1 Å². The van der Waals surface area contributed by atoms with Crippen molar-refractivity contribution in [3.8, 4) is 0 Å². The van der Waals surface area contributed by atoms with Crippen molar-refractivity contribution in [2.45, 2.75) is 168 Å². The van der Waals surface area contributed by atoms with Gasteiger partial charge in [-0.3, -0.25) is 0 Å². The van der Waals surface area contributed by atoms with Crippen molar-refractivity contribution in [1.82, 2.24) is 16.0 Å². The van der Waals surface area contributed by atoms with Crippen molar-refractivity contribution in [2.75, 3.05) is 0 Å². The quantitative estimate of drug-likeness (QED) is 0.312. The first-order chi connectivity index (χ1) is 16.0. The van der Waals surface area contributed by atoms with Crippen LogP contribution in [0.5, 0.6) is 0 Å². The average Bonchev–Trinajstić information content (AvgIpc) is 2.53. The van der Waals surface area contributed by atoms with Crippen LogP contribution in [0.2, 0.25) is 0 Å². The molecule has 36 heavy (non-hydrogen) atoms. The first-order valence-corrected chi connectivity index (χ1v) is 14.3. The van der Waals surface area contributed by atoms with E-state index in [4.69, 9.17) is 4.74 Å². The van der Waals surface area contributed by atoms with Gasteiger partial charge in [0, 0.05) is 51.6 Å². The first-order valence-electron chi connectivity index (χ1n) is 14.3. The van der Waals surface area contributed by atoms with E-state index in [0.717, 1.165) is 44.1 Å². The number of esters is 1. The second-order valence-electron chi connectivity index (χ2n) is 16.4. The van der Waals surface area contributed by atoms with Gasteiger partial charge in [-0.15, -0.1) is 0 Å². The maximum absolute atomic E-state index is 13.9. The SMILES string of the molecule is CC(C(=O)OC1CC(C)(C)NC(C)(C)C1)=C(C1CC(C)(C)NC(C)(C)C1)C1CC(C)(C)NC(C)(C)C1. The molecule has 3 N–H and O–H groups in total. The number of ether oxygens (including phenoxy) is 1. The van der Waals surface area contributed by atoms with Crippen LogP contribution in [0.15, 0.2) is 11.1 Å². The standard InChI is InChI=1S/C31H57N3O2/c1-20(25(35)36-23-18-30(10,11)34-31(12,13)19-23)24(21-14-26(2,3)32-27(4,5)15-21)22-16-28(6,7)33-29(8,9)17-22/h21-23,32-34H,14-19H2,1-13H3. The van der Waals surface area contributed by atoms with Gasteiger partial charge in [-0.25, -0.2) is 4.79 Å². The monoisotopic (exact) mass is 503 g/mol. The highest BCUT2D eigenvalue weighted by atomic mass is 16.5. The van der Waals surface area contributed by atoms with Crippen LogP contribution in [-0.2, 0) is 9.53 Å². The number of allylic oxidation sites excluding steroid dienone is 1. The summed E-state index contributed by atoms with van der Waals surface area (Å²) in [5, 5.41) is 11.4. The highest BCUT2D eigenvalue weighted by molar-refractivity contribution is 5.89. The Bertz CT molecular complexity index is 790. The second-order valence-corrected chi connectivity index (χ2v) is 16.4. The van der Waals surface area contributed by atoms with E-state index in [1.54, 1.807) is 0 Å². The number of rotatable bonds is 4. The van der Waals surface area contributed by atoms with Crippen LogP contribution >= 0.6 is 0 Å². The predicted molar refractivity (Wildman–Crippen MR) is 151 cm³/mol. The molecule has 0 amide bonds. The van der Waals surface area contributed by atoms with E-state index in [1.807, 2.05) is 0 Å². The van der Waals surface area contributed by atoms with Crippen molar-refractivity contribution < 1.29 is 9.53 Å². The van der Waals surface area contributed by atoms with Crippen LogP contribution in [0.4, 0.5) is 0 Å². The van der Waals surface area contributed by atoms with Gasteiger partial charge in [0.25, 0.3) is 0 Å². The fourth-order valence-electron chi connectivity index (χ4n) is 8.70. The summed E-state index contributed by atoms with van der Waals surface area (Å²) in [6.45, 7) is 29.4. The van der Waals surface area contributed by atoms with E-state index in [0.29, 0.717) is 11.8 Å². The molecule has 0 atom stereocenters. The zero-order chi connectivity index (χ0) is 27.5. The Morgan fingerprint density at radius 2 is 0.833 bits per heavy atom. The lowest BCUT2D eigenvalue weighted by Crippen LogP contribution is -2.60. The molecule has 0 aromatic carbocycles. The number of carbonyl (C=O) groups excluding carboxylic acids is 1. The maximum Gasteiger partial charge on any atom is 0.333 e. The second kappa shape index (κ2) is 9.38. The zero-order valence-electron chi connectivity index (χ0n) is 25.8. The van der Waals surface area contributed by atoms with Crippen LogP contribution in [0.3, 0.4) is 0 Å². The topological polar surface area (TPSA) is 62.4 Å². The van der Waals surface area contributed by atoms with Crippen LogP contribution in [0, 0.1) is 11.8 Å². The highest BCUT2D eigenvalue weighted by Crippen LogP contribution is 2.46. The molecule has 3 aliphatic rings. The number of hydrogen-bond acceptors (Lipinski definition) is 5. The molecular weight excluding hydrogens is 446 g/mol. The van der Waals surface area contributed by atoms with Crippen LogP contribution in [0.1, 0.15) is 129 Å². The van der Waals surface area contributed by atoms with E-state index in [-0.39, 0.29) is 45.3 Å². The minimum Gasteiger partial charge on any atom is -0.459 e. The minimum atomic E-state index is -0.105. The van der Waals surface area contributed by atoms with Gasteiger partial charge in [0.05, 0.1) is 0 Å². The summed E-state index contributed by atoms with van der Waals surface area (Å²) in [5.74, 6) is 0.616. The molecule has 0 aliphatic carbocycles. The van der Waals surface area contributed by atoms with Gasteiger partial charge in [0.1, 0.15) is 6.10 Å². The van der Waals surface area contributed by atoms with Gasteiger partial charge in [-0.2, -0.15) is 0 Å². The van der Waals surface area contributed by atoms with Gasteiger partial charge < -0.3 is 20.7 Å². The lowest BCUT2D eigenvalue weighted by molar-refractivity contribution is -0.148. The van der Waals surface area contributed by atoms with Crippen LogP contribution in [-0.4, -0.2) is 45.3 Å². The number of carbonyl (C=O) groups is 1. The zero-order valence-corrected chi connectivity index (χ0v) is 25.8. The Morgan fingerprint density at radius 3 is 1.14 bits per heavy atom. The molecule has 3 rings (SSSR count). The van der Waals surface area contributed by atoms with Crippen molar-refractivity contribution in [3.63, 3.8) is 0 Å². The molecule has 0 aromatic heterocycles. The fourth-order valence-corrected chi connectivity index (χ4v) is 8.70. The molecule has 208 valence electrons. The van der Waals surface area contributed by atoms with E-state index < -0.39 is 0 Å². The van der Waals surface area contributed by atoms with Crippen molar-refractivity contribution in [1.29, 1.82) is 0 Å². The Labute approximate surface area is 222 Å². The minimum absolute atomic E-state index is 0.0168. The van der Waals surface area contributed by atoms with Gasteiger partial charge in [0.15, 0.2) is 0 Å². The third kappa shape index (κ3) is 7.57.